The van der Waals surface area contributed by atoms with E-state index in [9.17, 15) is 8.42 Å². The van der Waals surface area contributed by atoms with Crippen LogP contribution in [-0.2, 0) is 10.3 Å². The van der Waals surface area contributed by atoms with Gasteiger partial charge >= 0.3 is 10.3 Å². The first-order chi connectivity index (χ1) is 6.79. The molecule has 0 radical (unpaired) electrons. The van der Waals surface area contributed by atoms with Crippen molar-refractivity contribution in [3.8, 4) is 0 Å². The molecule has 0 aromatic heterocycles. The molecule has 7 heteroatoms. The van der Waals surface area contributed by atoms with Gasteiger partial charge < -0.3 is 0 Å². The van der Waals surface area contributed by atoms with Crippen LogP contribution in [0.25, 0.3) is 0 Å². The minimum atomic E-state index is -4.47. The van der Waals surface area contributed by atoms with Crippen molar-refractivity contribution < 1.29 is 13.0 Å². The van der Waals surface area contributed by atoms with E-state index < -0.39 is 10.3 Å². The van der Waals surface area contributed by atoms with Crippen LogP contribution in [-0.4, -0.2) is 13.0 Å². The number of rotatable bonds is 2. The quantitative estimate of drug-likeness (QED) is 0.646. The van der Waals surface area contributed by atoms with Gasteiger partial charge in [-0.05, 0) is 35.6 Å². The minimum Gasteiger partial charge on any atom is -0.267 e. The van der Waals surface area contributed by atoms with E-state index in [-0.39, 0.29) is 5.69 Å². The maximum atomic E-state index is 10.3. The summed E-state index contributed by atoms with van der Waals surface area (Å²) in [5, 5.41) is 3.66. The minimum absolute atomic E-state index is 0.236. The zero-order valence-corrected chi connectivity index (χ0v) is 9.67. The second-order valence-corrected chi connectivity index (χ2v) is 4.51. The van der Waals surface area contributed by atoms with Gasteiger partial charge in [-0.3, -0.25) is 4.55 Å². The molecule has 1 aromatic rings. The molecule has 82 valence electrons. The summed E-state index contributed by atoms with van der Waals surface area (Å²) in [6.07, 6.45) is 0. The molecule has 0 amide bonds. The standard InChI is InChI=1S/C8H9ClN2O3S/c1-5-3-6(2)8(7(9)4-5)10-11-15(12,13)14/h3-4H,1-2H3,(H,12,13,14). The highest BCUT2D eigenvalue weighted by Gasteiger charge is 2.06. The lowest BCUT2D eigenvalue weighted by Gasteiger charge is -2.02. The van der Waals surface area contributed by atoms with Crippen molar-refractivity contribution in [1.82, 2.24) is 0 Å². The Morgan fingerprint density at radius 1 is 1.33 bits per heavy atom. The van der Waals surface area contributed by atoms with Crippen LogP contribution < -0.4 is 0 Å². The summed E-state index contributed by atoms with van der Waals surface area (Å²) in [6.45, 7) is 3.57. The maximum absolute atomic E-state index is 10.3. The molecule has 0 fully saturated rings. The Kier molecular flexibility index (Phi) is 3.43. The molecule has 15 heavy (non-hydrogen) atoms. The van der Waals surface area contributed by atoms with E-state index in [4.69, 9.17) is 16.2 Å². The van der Waals surface area contributed by atoms with Crippen molar-refractivity contribution in [1.29, 1.82) is 0 Å². The van der Waals surface area contributed by atoms with E-state index in [0.29, 0.717) is 10.6 Å². The average molecular weight is 249 g/mol. The van der Waals surface area contributed by atoms with E-state index in [1.807, 2.05) is 6.92 Å². The third-order valence-corrected chi connectivity index (χ3v) is 2.22. The third-order valence-electron chi connectivity index (χ3n) is 1.64. The zero-order valence-electron chi connectivity index (χ0n) is 8.10. The number of benzene rings is 1. The molecule has 0 spiro atoms. The molecule has 0 heterocycles. The normalized spacial score (nSPS) is 12.3. The van der Waals surface area contributed by atoms with Crippen molar-refractivity contribution in [2.75, 3.05) is 0 Å². The van der Waals surface area contributed by atoms with E-state index in [2.05, 4.69) is 9.63 Å². The molecule has 1 N–H and O–H groups in total. The van der Waals surface area contributed by atoms with E-state index >= 15 is 0 Å². The van der Waals surface area contributed by atoms with Gasteiger partial charge in [-0.15, -0.1) is 5.11 Å². The van der Waals surface area contributed by atoms with Crippen molar-refractivity contribution >= 4 is 27.6 Å². The van der Waals surface area contributed by atoms with Gasteiger partial charge in [0, 0.05) is 0 Å². The molecule has 1 rings (SSSR count). The summed E-state index contributed by atoms with van der Waals surface area (Å²) in [7, 11) is -4.47. The summed E-state index contributed by atoms with van der Waals surface area (Å²) >= 11 is 5.83. The predicted molar refractivity (Wildman–Crippen MR) is 57.0 cm³/mol. The summed E-state index contributed by atoms with van der Waals surface area (Å²) in [5.41, 5.74) is 1.86. The SMILES string of the molecule is Cc1cc(C)c(N=NS(=O)(=O)O)c(Cl)c1. The molecule has 0 aliphatic heterocycles. The fourth-order valence-electron chi connectivity index (χ4n) is 1.13. The highest BCUT2D eigenvalue weighted by molar-refractivity contribution is 7.84. The van der Waals surface area contributed by atoms with Crippen molar-refractivity contribution in [2.24, 2.45) is 9.63 Å². The topological polar surface area (TPSA) is 79.1 Å². The highest BCUT2D eigenvalue weighted by atomic mass is 35.5. The lowest BCUT2D eigenvalue weighted by atomic mass is 10.1. The molecule has 0 unspecified atom stereocenters. The van der Waals surface area contributed by atoms with Gasteiger partial charge in [0.1, 0.15) is 5.69 Å². The molecular formula is C8H9ClN2O3S. The lowest BCUT2D eigenvalue weighted by molar-refractivity contribution is 0.482. The number of hydrogen-bond donors (Lipinski definition) is 1. The first-order valence-electron chi connectivity index (χ1n) is 3.97. The van der Waals surface area contributed by atoms with Gasteiger partial charge in [0.25, 0.3) is 0 Å². The van der Waals surface area contributed by atoms with Gasteiger partial charge in [0.15, 0.2) is 0 Å². The van der Waals surface area contributed by atoms with Crippen LogP contribution in [0, 0.1) is 13.8 Å². The largest absolute Gasteiger partial charge is 0.396 e. The average Bonchev–Trinajstić information content (AvgIpc) is 1.99. The molecular weight excluding hydrogens is 240 g/mol. The Bertz CT molecular complexity index is 488. The fourth-order valence-corrected chi connectivity index (χ4v) is 1.67. The molecule has 0 bridgehead atoms. The molecule has 1 aromatic carbocycles. The van der Waals surface area contributed by atoms with Gasteiger partial charge in [-0.25, -0.2) is 0 Å². The van der Waals surface area contributed by atoms with Crippen LogP contribution in [0.1, 0.15) is 11.1 Å². The maximum Gasteiger partial charge on any atom is 0.396 e. The first kappa shape index (κ1) is 12.1. The Labute approximate surface area is 92.7 Å². The van der Waals surface area contributed by atoms with Crippen LogP contribution in [0.2, 0.25) is 5.02 Å². The summed E-state index contributed by atoms with van der Waals surface area (Å²) in [6, 6.07) is 3.41. The predicted octanol–water partition coefficient (Wildman–Crippen LogP) is 2.84. The highest BCUT2D eigenvalue weighted by Crippen LogP contribution is 2.30. The first-order valence-corrected chi connectivity index (χ1v) is 5.74. The summed E-state index contributed by atoms with van der Waals surface area (Å²) in [4.78, 5) is 0. The van der Waals surface area contributed by atoms with Crippen LogP contribution in [0.3, 0.4) is 0 Å². The zero-order chi connectivity index (χ0) is 11.6. The number of nitrogens with zero attached hydrogens (tertiary/aromatic N) is 2. The summed E-state index contributed by atoms with van der Waals surface area (Å²) < 4.78 is 31.8. The molecule has 5 nitrogen and oxygen atoms in total. The molecule has 0 saturated heterocycles. The van der Waals surface area contributed by atoms with Crippen molar-refractivity contribution in [2.45, 2.75) is 13.8 Å². The molecule has 0 atom stereocenters. The molecule has 0 aliphatic carbocycles. The van der Waals surface area contributed by atoms with Gasteiger partial charge in [0.05, 0.1) is 5.02 Å². The van der Waals surface area contributed by atoms with E-state index in [1.54, 1.807) is 19.1 Å². The van der Waals surface area contributed by atoms with Gasteiger partial charge in [-0.2, -0.15) is 8.42 Å². The molecule has 0 saturated carbocycles. The smallest absolute Gasteiger partial charge is 0.267 e. The van der Waals surface area contributed by atoms with Crippen LogP contribution in [0.15, 0.2) is 21.8 Å². The molecule has 0 aliphatic rings. The monoisotopic (exact) mass is 248 g/mol. The number of aryl methyl sites for hydroxylation is 2. The Morgan fingerprint density at radius 3 is 2.40 bits per heavy atom. The Balaban J connectivity index is 3.22. The number of halogens is 1. The van der Waals surface area contributed by atoms with Crippen molar-refractivity contribution in [3.63, 3.8) is 0 Å². The third kappa shape index (κ3) is 3.58. The second-order valence-electron chi connectivity index (χ2n) is 3.04. The van der Waals surface area contributed by atoms with E-state index in [1.165, 1.54) is 0 Å². The second kappa shape index (κ2) is 4.26. The number of hydrogen-bond acceptors (Lipinski definition) is 3. The van der Waals surface area contributed by atoms with Crippen LogP contribution in [0.4, 0.5) is 5.69 Å². The Hall–Kier alpha value is -0.980. The van der Waals surface area contributed by atoms with Gasteiger partial charge in [0.2, 0.25) is 0 Å². The fraction of sp³-hybridized carbons (Fsp3) is 0.250. The van der Waals surface area contributed by atoms with Crippen LogP contribution >= 0.6 is 11.6 Å². The van der Waals surface area contributed by atoms with Crippen molar-refractivity contribution in [3.05, 3.63) is 28.3 Å². The van der Waals surface area contributed by atoms with Crippen LogP contribution in [0.5, 0.6) is 0 Å². The Morgan fingerprint density at radius 2 is 1.93 bits per heavy atom. The van der Waals surface area contributed by atoms with E-state index in [0.717, 1.165) is 5.56 Å². The lowest BCUT2D eigenvalue weighted by Crippen LogP contribution is -1.88. The summed E-state index contributed by atoms with van der Waals surface area (Å²) in [5.74, 6) is 0. The van der Waals surface area contributed by atoms with Gasteiger partial charge in [-0.1, -0.05) is 17.7 Å².